The Kier molecular flexibility index (Phi) is 5.22. The van der Waals surface area contributed by atoms with Crippen molar-refractivity contribution in [2.75, 3.05) is 6.54 Å². The van der Waals surface area contributed by atoms with Gasteiger partial charge in [0.2, 0.25) is 0 Å². The van der Waals surface area contributed by atoms with Crippen molar-refractivity contribution in [1.82, 2.24) is 4.90 Å². The highest BCUT2D eigenvalue weighted by molar-refractivity contribution is 6.63. The molecule has 1 amide bonds. The minimum absolute atomic E-state index is 0.0840. The number of benzene rings is 1. The second-order valence-electron chi connectivity index (χ2n) is 5.01. The maximum Gasteiger partial charge on any atom is 0.443 e. The van der Waals surface area contributed by atoms with Gasteiger partial charge in [0.15, 0.2) is 0 Å². The summed E-state index contributed by atoms with van der Waals surface area (Å²) < 4.78 is 4.94. The van der Waals surface area contributed by atoms with E-state index < -0.39 is 29.6 Å². The van der Waals surface area contributed by atoms with E-state index in [0.717, 1.165) is 4.90 Å². The van der Waals surface area contributed by atoms with E-state index in [9.17, 15) is 14.4 Å². The molecule has 1 aromatic carbocycles. The van der Waals surface area contributed by atoms with Crippen LogP contribution in [0.4, 0.5) is 4.79 Å². The fourth-order valence-corrected chi connectivity index (χ4v) is 2.41. The number of ether oxygens (including phenoxy) is 1. The highest BCUT2D eigenvalue weighted by Gasteiger charge is 2.43. The van der Waals surface area contributed by atoms with E-state index in [0.29, 0.717) is 12.0 Å². The van der Waals surface area contributed by atoms with Gasteiger partial charge in [-0.3, -0.25) is 9.69 Å². The number of carbonyl (C=O) groups is 3. The summed E-state index contributed by atoms with van der Waals surface area (Å²) in [4.78, 5) is 38.9. The summed E-state index contributed by atoms with van der Waals surface area (Å²) in [7, 11) is 0. The van der Waals surface area contributed by atoms with E-state index in [1.165, 1.54) is 0 Å². The fraction of sp³-hybridized carbons (Fsp3) is 0.333. The van der Waals surface area contributed by atoms with E-state index in [1.54, 1.807) is 30.3 Å². The summed E-state index contributed by atoms with van der Waals surface area (Å²) in [5.41, 5.74) is 8.86. The van der Waals surface area contributed by atoms with Crippen molar-refractivity contribution in [2.24, 2.45) is 0 Å². The molecule has 0 aliphatic carbocycles. The minimum Gasteiger partial charge on any atom is -0.465 e. The maximum atomic E-state index is 12.2. The normalized spacial score (nSPS) is 16.5. The number of rotatable bonds is 5. The molecule has 1 N–H and O–H groups in total. The number of carbonyl (C=O) groups excluding carboxylic acids is 2. The summed E-state index contributed by atoms with van der Waals surface area (Å²) in [6.45, 7) is 0.114. The monoisotopic (exact) mass is 317 g/mol. The third-order valence-electron chi connectivity index (χ3n) is 3.54. The van der Waals surface area contributed by atoms with Crippen LogP contribution in [-0.2, 0) is 20.9 Å². The first-order valence-corrected chi connectivity index (χ1v) is 7.01. The van der Waals surface area contributed by atoms with Gasteiger partial charge in [-0.05, 0) is 18.4 Å². The van der Waals surface area contributed by atoms with Crippen molar-refractivity contribution in [3.05, 3.63) is 41.4 Å². The summed E-state index contributed by atoms with van der Waals surface area (Å²) >= 11 is 0. The van der Waals surface area contributed by atoms with Crippen LogP contribution in [-0.4, -0.2) is 50.9 Å². The number of carboxylic acid groups (broad SMARTS) is 1. The molecule has 2 rings (SSSR count). The molecule has 120 valence electrons. The van der Waals surface area contributed by atoms with Crippen LogP contribution in [0.1, 0.15) is 18.4 Å². The molecule has 8 nitrogen and oxygen atoms in total. The van der Waals surface area contributed by atoms with Crippen LogP contribution in [0.5, 0.6) is 0 Å². The Bertz CT molecular complexity index is 667. The van der Waals surface area contributed by atoms with Crippen molar-refractivity contribution in [3.8, 4) is 0 Å². The standard InChI is InChI=1S/C15H15N3O5/c16-17-12(13(19)11-7-4-8-18(11)15(21)22)14(20)23-9-10-5-2-1-3-6-10/h1-3,5-6,11H,4,7-9H2,(H,21,22). The van der Waals surface area contributed by atoms with Gasteiger partial charge in [-0.2, -0.15) is 4.79 Å². The van der Waals surface area contributed by atoms with Gasteiger partial charge < -0.3 is 15.4 Å². The average molecular weight is 317 g/mol. The molecule has 1 atom stereocenters. The Morgan fingerprint density at radius 2 is 2.00 bits per heavy atom. The molecule has 0 bridgehead atoms. The Morgan fingerprint density at radius 1 is 1.30 bits per heavy atom. The van der Waals surface area contributed by atoms with E-state index >= 15 is 0 Å². The predicted octanol–water partition coefficient (Wildman–Crippen LogP) is 1.11. The summed E-state index contributed by atoms with van der Waals surface area (Å²) in [5, 5.41) is 9.03. The molecule has 1 aromatic rings. The number of Topliss-reactive ketones (excluding diaryl/α,β-unsaturated/α-hetero) is 1. The van der Waals surface area contributed by atoms with Crippen molar-refractivity contribution < 1.29 is 29.0 Å². The van der Waals surface area contributed by atoms with Gasteiger partial charge in [0, 0.05) is 6.54 Å². The third kappa shape index (κ3) is 3.81. The first kappa shape index (κ1) is 16.4. The average Bonchev–Trinajstić information content (AvgIpc) is 3.04. The molecular weight excluding hydrogens is 302 g/mol. The van der Waals surface area contributed by atoms with Crippen LogP contribution in [0.15, 0.2) is 30.3 Å². The molecule has 23 heavy (non-hydrogen) atoms. The van der Waals surface area contributed by atoms with E-state index in [-0.39, 0.29) is 19.6 Å². The molecule has 1 fully saturated rings. The van der Waals surface area contributed by atoms with Crippen LogP contribution >= 0.6 is 0 Å². The lowest BCUT2D eigenvalue weighted by Gasteiger charge is -2.17. The maximum absolute atomic E-state index is 12.2. The van der Waals surface area contributed by atoms with Crippen molar-refractivity contribution in [1.29, 1.82) is 0 Å². The molecule has 0 aromatic heterocycles. The van der Waals surface area contributed by atoms with Crippen LogP contribution in [0.25, 0.3) is 5.53 Å². The second-order valence-corrected chi connectivity index (χ2v) is 5.01. The Balaban J connectivity index is 2.04. The molecule has 1 aliphatic heterocycles. The summed E-state index contributed by atoms with van der Waals surface area (Å²) in [5.74, 6) is -1.94. The molecule has 1 unspecified atom stereocenters. The van der Waals surface area contributed by atoms with Crippen LogP contribution < -0.4 is 0 Å². The van der Waals surface area contributed by atoms with Gasteiger partial charge in [-0.25, -0.2) is 9.59 Å². The molecular formula is C15H15N3O5. The van der Waals surface area contributed by atoms with Gasteiger partial charge >= 0.3 is 17.8 Å². The smallest absolute Gasteiger partial charge is 0.443 e. The zero-order valence-electron chi connectivity index (χ0n) is 12.2. The number of esters is 1. The number of nitrogens with zero attached hydrogens (tertiary/aromatic N) is 3. The SMILES string of the molecule is [N-]=[N+]=C(C(=O)OCc1ccccc1)C(=O)C1CCCN1C(=O)O. The number of likely N-dealkylation sites (tertiary alicyclic amines) is 1. The van der Waals surface area contributed by atoms with Crippen molar-refractivity contribution >= 4 is 23.6 Å². The highest BCUT2D eigenvalue weighted by Crippen LogP contribution is 2.18. The molecule has 0 radical (unpaired) electrons. The summed E-state index contributed by atoms with van der Waals surface area (Å²) in [6.07, 6.45) is -0.479. The number of ketones is 1. The second kappa shape index (κ2) is 7.33. The number of amides is 1. The van der Waals surface area contributed by atoms with Gasteiger partial charge in [0.05, 0.1) is 0 Å². The van der Waals surface area contributed by atoms with Crippen LogP contribution in [0.3, 0.4) is 0 Å². The van der Waals surface area contributed by atoms with Crippen molar-refractivity contribution in [2.45, 2.75) is 25.5 Å². The molecule has 1 aliphatic rings. The third-order valence-corrected chi connectivity index (χ3v) is 3.54. The van der Waals surface area contributed by atoms with Gasteiger partial charge in [0.25, 0.3) is 5.78 Å². The van der Waals surface area contributed by atoms with Gasteiger partial charge in [-0.15, -0.1) is 0 Å². The van der Waals surface area contributed by atoms with Crippen LogP contribution in [0.2, 0.25) is 0 Å². The van der Waals surface area contributed by atoms with E-state index in [4.69, 9.17) is 15.4 Å². The molecule has 0 saturated carbocycles. The number of hydrogen-bond acceptors (Lipinski definition) is 4. The highest BCUT2D eigenvalue weighted by atomic mass is 16.5. The first-order valence-electron chi connectivity index (χ1n) is 7.01. The lowest BCUT2D eigenvalue weighted by Crippen LogP contribution is -2.45. The Morgan fingerprint density at radius 3 is 2.61 bits per heavy atom. The predicted molar refractivity (Wildman–Crippen MR) is 77.6 cm³/mol. The lowest BCUT2D eigenvalue weighted by molar-refractivity contribution is -0.144. The quantitative estimate of drug-likeness (QED) is 0.287. The largest absolute Gasteiger partial charge is 0.465 e. The molecule has 8 heteroatoms. The molecule has 1 saturated heterocycles. The van der Waals surface area contributed by atoms with Gasteiger partial charge in [0.1, 0.15) is 12.6 Å². The minimum atomic E-state index is -1.25. The topological polar surface area (TPSA) is 120 Å². The van der Waals surface area contributed by atoms with Crippen LogP contribution in [0, 0.1) is 0 Å². The Hall–Kier alpha value is -2.99. The number of hydrogen-bond donors (Lipinski definition) is 1. The zero-order chi connectivity index (χ0) is 16.8. The lowest BCUT2D eigenvalue weighted by atomic mass is 10.1. The van der Waals surface area contributed by atoms with E-state index in [1.807, 2.05) is 0 Å². The summed E-state index contributed by atoms with van der Waals surface area (Å²) in [6, 6.07) is 7.76. The van der Waals surface area contributed by atoms with Gasteiger partial charge in [-0.1, -0.05) is 30.3 Å². The van der Waals surface area contributed by atoms with E-state index in [2.05, 4.69) is 4.79 Å². The molecule has 0 spiro atoms. The Labute approximate surface area is 131 Å². The first-order chi connectivity index (χ1) is 11.0. The fourth-order valence-electron chi connectivity index (χ4n) is 2.41. The zero-order valence-corrected chi connectivity index (χ0v) is 12.2. The van der Waals surface area contributed by atoms with Crippen molar-refractivity contribution in [3.63, 3.8) is 0 Å². The molecule has 1 heterocycles.